The number of unbranched alkanes of at least 4 members (excludes halogenated alkanes) is 3. The van der Waals surface area contributed by atoms with Crippen LogP contribution in [0.25, 0.3) is 0 Å². The molecular weight excluding hydrogens is 468 g/mol. The van der Waals surface area contributed by atoms with Gasteiger partial charge in [-0.2, -0.15) is 0 Å². The molecule has 34 heavy (non-hydrogen) atoms. The Morgan fingerprint density at radius 1 is 0.971 bits per heavy atom. The average molecular weight is 497 g/mol. The number of ketones is 1. The molecule has 0 N–H and O–H groups in total. The number of ether oxygens (including phenoxy) is 1. The largest absolute Gasteiger partial charge is 0.465 e. The summed E-state index contributed by atoms with van der Waals surface area (Å²) in [6, 6.07) is 16.2. The number of thioether (sulfide) groups is 1. The first-order valence-corrected chi connectivity index (χ1v) is 12.7. The highest BCUT2D eigenvalue weighted by atomic mass is 35.5. The number of esters is 1. The van der Waals surface area contributed by atoms with Crippen LogP contribution in [-0.4, -0.2) is 36.6 Å². The van der Waals surface area contributed by atoms with Crippen LogP contribution in [-0.2, 0) is 4.74 Å². The van der Waals surface area contributed by atoms with Crippen molar-refractivity contribution in [3.63, 3.8) is 0 Å². The van der Waals surface area contributed by atoms with E-state index in [4.69, 9.17) is 16.3 Å². The van der Waals surface area contributed by atoms with E-state index >= 15 is 0 Å². The Bertz CT molecular complexity index is 1120. The zero-order chi connectivity index (χ0) is 24.5. The van der Waals surface area contributed by atoms with Crippen molar-refractivity contribution in [3.05, 3.63) is 82.6 Å². The second-order valence-electron chi connectivity index (χ2n) is 7.91. The Morgan fingerprint density at radius 3 is 2.32 bits per heavy atom. The number of hydrogen-bond donors (Lipinski definition) is 0. The summed E-state index contributed by atoms with van der Waals surface area (Å²) in [5.41, 5.74) is 2.89. The summed E-state index contributed by atoms with van der Waals surface area (Å²) in [5, 5.41) is 0.670. The molecule has 1 aromatic heterocycles. The van der Waals surface area contributed by atoms with Crippen LogP contribution < -0.4 is 4.90 Å². The molecule has 178 valence electrons. The number of anilines is 2. The molecule has 0 aliphatic carbocycles. The highest BCUT2D eigenvalue weighted by Gasteiger charge is 2.17. The summed E-state index contributed by atoms with van der Waals surface area (Å²) in [5.74, 6) is 0.233. The Labute approximate surface area is 210 Å². The van der Waals surface area contributed by atoms with E-state index in [-0.39, 0.29) is 5.78 Å². The number of methoxy groups -OCH3 is 1. The Balaban J connectivity index is 1.79. The van der Waals surface area contributed by atoms with Gasteiger partial charge in [0.1, 0.15) is 5.69 Å². The molecule has 5 nitrogen and oxygen atoms in total. The van der Waals surface area contributed by atoms with Crippen molar-refractivity contribution < 1.29 is 14.3 Å². The highest BCUT2D eigenvalue weighted by molar-refractivity contribution is 7.99. The molecule has 0 aliphatic rings. The van der Waals surface area contributed by atoms with Crippen molar-refractivity contribution in [3.8, 4) is 0 Å². The van der Waals surface area contributed by atoms with E-state index in [9.17, 15) is 9.59 Å². The van der Waals surface area contributed by atoms with Gasteiger partial charge in [-0.15, -0.1) is 11.8 Å². The quantitative estimate of drug-likeness (QED) is 0.121. The number of benzene rings is 2. The molecule has 0 saturated heterocycles. The van der Waals surface area contributed by atoms with Crippen LogP contribution in [0.3, 0.4) is 0 Å². The van der Waals surface area contributed by atoms with Crippen LogP contribution in [0.1, 0.15) is 59.0 Å². The lowest BCUT2D eigenvalue weighted by Crippen LogP contribution is -2.11. The number of aromatic nitrogens is 1. The minimum Gasteiger partial charge on any atom is -0.465 e. The van der Waals surface area contributed by atoms with Crippen molar-refractivity contribution in [1.29, 1.82) is 0 Å². The third kappa shape index (κ3) is 6.84. The molecule has 0 aliphatic heterocycles. The first kappa shape index (κ1) is 25.8. The molecule has 3 rings (SSSR count). The summed E-state index contributed by atoms with van der Waals surface area (Å²) >= 11 is 7.62. The minimum atomic E-state index is -0.463. The normalized spacial score (nSPS) is 10.7. The third-order valence-electron chi connectivity index (χ3n) is 5.44. The van der Waals surface area contributed by atoms with Crippen LogP contribution in [0.4, 0.5) is 11.4 Å². The zero-order valence-electron chi connectivity index (χ0n) is 19.7. The third-order valence-corrected chi connectivity index (χ3v) is 6.75. The van der Waals surface area contributed by atoms with E-state index in [0.29, 0.717) is 21.8 Å². The number of hydrogen-bond acceptors (Lipinski definition) is 6. The van der Waals surface area contributed by atoms with Gasteiger partial charge in [-0.05, 0) is 66.8 Å². The highest BCUT2D eigenvalue weighted by Crippen LogP contribution is 2.27. The summed E-state index contributed by atoms with van der Waals surface area (Å²) in [6.07, 6.45) is 6.32. The number of halogens is 1. The predicted octanol–water partition coefficient (Wildman–Crippen LogP) is 7.19. The van der Waals surface area contributed by atoms with Crippen molar-refractivity contribution in [2.75, 3.05) is 24.8 Å². The van der Waals surface area contributed by atoms with Crippen molar-refractivity contribution in [2.45, 2.75) is 37.5 Å². The van der Waals surface area contributed by atoms with Crippen LogP contribution in [0.5, 0.6) is 0 Å². The average Bonchev–Trinajstić information content (AvgIpc) is 2.87. The number of pyridine rings is 1. The first-order valence-electron chi connectivity index (χ1n) is 11.3. The fraction of sp³-hybridized carbons (Fsp3) is 0.296. The lowest BCUT2D eigenvalue weighted by molar-refractivity contribution is 0.0600. The van der Waals surface area contributed by atoms with Gasteiger partial charge >= 0.3 is 5.97 Å². The molecule has 2 aromatic carbocycles. The van der Waals surface area contributed by atoms with E-state index < -0.39 is 5.97 Å². The van der Waals surface area contributed by atoms with Gasteiger partial charge in [0.2, 0.25) is 5.78 Å². The Morgan fingerprint density at radius 2 is 1.68 bits per heavy atom. The van der Waals surface area contributed by atoms with Crippen molar-refractivity contribution in [1.82, 2.24) is 4.98 Å². The summed E-state index contributed by atoms with van der Waals surface area (Å²) in [6.45, 7) is 2.18. The summed E-state index contributed by atoms with van der Waals surface area (Å²) < 4.78 is 4.89. The van der Waals surface area contributed by atoms with Gasteiger partial charge in [-0.1, -0.05) is 37.8 Å². The topological polar surface area (TPSA) is 59.5 Å². The molecular formula is C27H29ClN2O3S. The van der Waals surface area contributed by atoms with Gasteiger partial charge in [-0.3, -0.25) is 9.78 Å². The van der Waals surface area contributed by atoms with Crippen LogP contribution in [0, 0.1) is 0 Å². The van der Waals surface area contributed by atoms with E-state index in [1.165, 1.54) is 26.4 Å². The summed E-state index contributed by atoms with van der Waals surface area (Å²) in [7, 11) is 3.26. The maximum absolute atomic E-state index is 13.2. The molecule has 0 atom stereocenters. The molecule has 0 amide bonds. The lowest BCUT2D eigenvalue weighted by Gasteiger charge is -2.19. The van der Waals surface area contributed by atoms with E-state index in [1.54, 1.807) is 36.2 Å². The molecule has 7 heteroatoms. The second kappa shape index (κ2) is 12.6. The minimum absolute atomic E-state index is 0.237. The SMILES string of the molecule is CCCCCCSc1cc(C(=O)OC)cc(C(=O)c2ccc(N(C)c3ccc(Cl)cc3)cn2)c1. The lowest BCUT2D eigenvalue weighted by atomic mass is 10.0. The number of rotatable bonds is 11. The van der Waals surface area contributed by atoms with Gasteiger partial charge in [0.25, 0.3) is 0 Å². The van der Waals surface area contributed by atoms with Gasteiger partial charge in [0.15, 0.2) is 0 Å². The molecule has 0 saturated carbocycles. The van der Waals surface area contributed by atoms with Gasteiger partial charge in [-0.25, -0.2) is 4.79 Å². The van der Waals surface area contributed by atoms with Gasteiger partial charge in [0.05, 0.1) is 24.6 Å². The monoisotopic (exact) mass is 496 g/mol. The first-order chi connectivity index (χ1) is 16.4. The molecule has 0 radical (unpaired) electrons. The number of nitrogens with zero attached hydrogens (tertiary/aromatic N) is 2. The Kier molecular flexibility index (Phi) is 9.54. The molecule has 3 aromatic rings. The van der Waals surface area contributed by atoms with E-state index in [2.05, 4.69) is 11.9 Å². The van der Waals surface area contributed by atoms with Gasteiger partial charge in [0, 0.05) is 28.2 Å². The molecule has 0 unspecified atom stereocenters. The molecule has 0 spiro atoms. The smallest absolute Gasteiger partial charge is 0.337 e. The van der Waals surface area contributed by atoms with Gasteiger partial charge < -0.3 is 9.64 Å². The molecule has 1 heterocycles. The fourth-order valence-corrected chi connectivity index (χ4v) is 4.58. The number of carbonyl (C=O) groups is 2. The maximum atomic E-state index is 13.2. The van der Waals surface area contributed by atoms with Crippen LogP contribution in [0.15, 0.2) is 65.7 Å². The van der Waals surface area contributed by atoms with Crippen molar-refractivity contribution in [2.24, 2.45) is 0 Å². The van der Waals surface area contributed by atoms with E-state index in [1.807, 2.05) is 48.3 Å². The van der Waals surface area contributed by atoms with Crippen LogP contribution >= 0.6 is 23.4 Å². The zero-order valence-corrected chi connectivity index (χ0v) is 21.3. The fourth-order valence-electron chi connectivity index (χ4n) is 3.45. The molecule has 0 fully saturated rings. The van der Waals surface area contributed by atoms with Crippen molar-refractivity contribution >= 4 is 46.5 Å². The standard InChI is InChI=1S/C27H29ClN2O3S/c1-4-5-6-7-14-34-24-16-19(15-20(17-24)27(32)33-3)26(31)25-13-12-23(18-29-25)30(2)22-10-8-21(28)9-11-22/h8-13,15-18H,4-7,14H2,1-3H3. The summed E-state index contributed by atoms with van der Waals surface area (Å²) in [4.78, 5) is 32.6. The second-order valence-corrected chi connectivity index (χ2v) is 9.52. The van der Waals surface area contributed by atoms with Crippen LogP contribution in [0.2, 0.25) is 5.02 Å². The maximum Gasteiger partial charge on any atom is 0.337 e. The number of carbonyl (C=O) groups excluding carboxylic acids is 2. The predicted molar refractivity (Wildman–Crippen MR) is 140 cm³/mol. The molecule has 0 bridgehead atoms. The Hall–Kier alpha value is -2.83. The van der Waals surface area contributed by atoms with E-state index in [0.717, 1.165) is 28.4 Å².